The topological polar surface area (TPSA) is 55.8 Å². The van der Waals surface area contributed by atoms with Gasteiger partial charge in [0.1, 0.15) is 13.2 Å². The molecule has 5 heteroatoms. The number of carbonyl (C=O) groups is 2. The molecule has 108 valence electrons. The Morgan fingerprint density at radius 3 is 1.84 bits per heavy atom. The van der Waals surface area contributed by atoms with Crippen LogP contribution in [0.25, 0.3) is 0 Å². The van der Waals surface area contributed by atoms with Gasteiger partial charge in [-0.3, -0.25) is 4.90 Å². The van der Waals surface area contributed by atoms with Crippen molar-refractivity contribution >= 4 is 11.9 Å². The van der Waals surface area contributed by atoms with Crippen molar-refractivity contribution in [2.75, 3.05) is 26.3 Å². The summed E-state index contributed by atoms with van der Waals surface area (Å²) in [4.78, 5) is 24.0. The maximum atomic E-state index is 10.9. The molecule has 0 rings (SSSR count). The number of hydrogen-bond donors (Lipinski definition) is 0. The molecule has 0 aromatic carbocycles. The van der Waals surface area contributed by atoms with Gasteiger partial charge >= 0.3 is 11.9 Å². The Morgan fingerprint density at radius 1 is 1.11 bits per heavy atom. The van der Waals surface area contributed by atoms with Gasteiger partial charge in [0.05, 0.1) is 0 Å². The lowest BCUT2D eigenvalue weighted by atomic mass is 10.2. The summed E-state index contributed by atoms with van der Waals surface area (Å²) in [5.41, 5.74) is 0. The molecule has 0 N–H and O–H groups in total. The van der Waals surface area contributed by atoms with Crippen LogP contribution in [-0.2, 0) is 19.1 Å². The molecule has 5 nitrogen and oxygen atoms in total. The third-order valence-electron chi connectivity index (χ3n) is 2.79. The number of nitrogens with zero attached hydrogens (tertiary/aromatic N) is 1. The number of rotatable bonds is 10. The zero-order valence-electron chi connectivity index (χ0n) is 11.8. The summed E-state index contributed by atoms with van der Waals surface area (Å²) in [6.45, 7) is 12.6. The van der Waals surface area contributed by atoms with E-state index in [0.29, 0.717) is 32.3 Å². The Bertz CT molecular complexity index is 289. The van der Waals surface area contributed by atoms with Gasteiger partial charge in [0.15, 0.2) is 0 Å². The van der Waals surface area contributed by atoms with Crippen LogP contribution in [0.15, 0.2) is 25.3 Å². The highest BCUT2D eigenvalue weighted by Gasteiger charge is 2.13. The monoisotopic (exact) mass is 269 g/mol. The Morgan fingerprint density at radius 2 is 1.53 bits per heavy atom. The van der Waals surface area contributed by atoms with E-state index in [1.54, 1.807) is 0 Å². The van der Waals surface area contributed by atoms with Crippen molar-refractivity contribution in [1.82, 2.24) is 4.90 Å². The van der Waals surface area contributed by atoms with Crippen LogP contribution in [0.3, 0.4) is 0 Å². The molecule has 1 unspecified atom stereocenters. The zero-order valence-corrected chi connectivity index (χ0v) is 11.8. The van der Waals surface area contributed by atoms with Crippen LogP contribution in [0, 0.1) is 0 Å². The molecule has 0 aliphatic rings. The van der Waals surface area contributed by atoms with Crippen LogP contribution in [-0.4, -0.2) is 49.2 Å². The first-order valence-corrected chi connectivity index (χ1v) is 6.37. The van der Waals surface area contributed by atoms with E-state index in [9.17, 15) is 9.59 Å². The van der Waals surface area contributed by atoms with Crippen molar-refractivity contribution in [1.29, 1.82) is 0 Å². The van der Waals surface area contributed by atoms with Crippen molar-refractivity contribution < 1.29 is 19.1 Å². The second kappa shape index (κ2) is 10.3. The van der Waals surface area contributed by atoms with E-state index in [1.807, 2.05) is 0 Å². The van der Waals surface area contributed by atoms with Crippen molar-refractivity contribution in [3.05, 3.63) is 25.3 Å². The smallest absolute Gasteiger partial charge is 0.330 e. The van der Waals surface area contributed by atoms with Gasteiger partial charge in [-0.1, -0.05) is 20.1 Å². The zero-order chi connectivity index (χ0) is 14.7. The lowest BCUT2D eigenvalue weighted by Crippen LogP contribution is -2.38. The first kappa shape index (κ1) is 17.4. The fraction of sp³-hybridized carbons (Fsp3) is 0.571. The fourth-order valence-electron chi connectivity index (χ4n) is 1.46. The minimum Gasteiger partial charge on any atom is -0.461 e. The summed E-state index contributed by atoms with van der Waals surface area (Å²) in [5.74, 6) is -0.857. The van der Waals surface area contributed by atoms with Crippen molar-refractivity contribution in [2.45, 2.75) is 26.3 Å². The first-order valence-electron chi connectivity index (χ1n) is 6.37. The maximum absolute atomic E-state index is 10.9. The molecule has 0 aliphatic heterocycles. The molecule has 0 aromatic rings. The van der Waals surface area contributed by atoms with Gasteiger partial charge in [-0.15, -0.1) is 0 Å². The van der Waals surface area contributed by atoms with Crippen molar-refractivity contribution in [2.24, 2.45) is 0 Å². The third-order valence-corrected chi connectivity index (χ3v) is 2.79. The van der Waals surface area contributed by atoms with Gasteiger partial charge in [0.25, 0.3) is 0 Å². The molecule has 0 fully saturated rings. The van der Waals surface area contributed by atoms with Crippen molar-refractivity contribution in [3.63, 3.8) is 0 Å². The number of ether oxygens (including phenoxy) is 2. The summed E-state index contributed by atoms with van der Waals surface area (Å²) in [5, 5.41) is 0. The van der Waals surface area contributed by atoms with E-state index in [4.69, 9.17) is 9.47 Å². The molecule has 0 saturated carbocycles. The molecule has 0 aliphatic carbocycles. The quantitative estimate of drug-likeness (QED) is 0.445. The first-order chi connectivity index (χ1) is 9.04. The van der Waals surface area contributed by atoms with Gasteiger partial charge in [0, 0.05) is 31.3 Å². The SMILES string of the molecule is C=CC(=O)OCCN(CCOC(=O)C=C)C(C)CC. The second-order valence-electron chi connectivity index (χ2n) is 4.04. The lowest BCUT2D eigenvalue weighted by molar-refractivity contribution is -0.138. The van der Waals surface area contributed by atoms with Crippen LogP contribution in [0.5, 0.6) is 0 Å². The summed E-state index contributed by atoms with van der Waals surface area (Å²) < 4.78 is 9.88. The normalized spacial score (nSPS) is 11.7. The molecule has 0 saturated heterocycles. The average Bonchev–Trinajstić information content (AvgIpc) is 2.44. The van der Waals surface area contributed by atoms with Crippen molar-refractivity contribution in [3.8, 4) is 0 Å². The highest BCUT2D eigenvalue weighted by molar-refractivity contribution is 5.81. The maximum Gasteiger partial charge on any atom is 0.330 e. The van der Waals surface area contributed by atoms with Gasteiger partial charge in [0.2, 0.25) is 0 Å². The van der Waals surface area contributed by atoms with E-state index in [2.05, 4.69) is 31.9 Å². The van der Waals surface area contributed by atoms with Crippen LogP contribution in [0.4, 0.5) is 0 Å². The highest BCUT2D eigenvalue weighted by atomic mass is 16.5. The van der Waals surface area contributed by atoms with Crippen LogP contribution in [0.1, 0.15) is 20.3 Å². The predicted molar refractivity (Wildman–Crippen MR) is 73.6 cm³/mol. The van der Waals surface area contributed by atoms with Crippen LogP contribution >= 0.6 is 0 Å². The number of hydrogen-bond acceptors (Lipinski definition) is 5. The second-order valence-corrected chi connectivity index (χ2v) is 4.04. The fourth-order valence-corrected chi connectivity index (χ4v) is 1.46. The van der Waals surface area contributed by atoms with E-state index >= 15 is 0 Å². The Labute approximate surface area is 114 Å². The Kier molecular flexibility index (Phi) is 9.44. The van der Waals surface area contributed by atoms with Crippen LogP contribution in [0.2, 0.25) is 0 Å². The van der Waals surface area contributed by atoms with E-state index in [-0.39, 0.29) is 0 Å². The summed E-state index contributed by atoms with van der Waals surface area (Å²) in [6, 6.07) is 0.324. The van der Waals surface area contributed by atoms with Gasteiger partial charge in [-0.2, -0.15) is 0 Å². The minimum absolute atomic E-state index is 0.296. The molecule has 0 radical (unpaired) electrons. The number of esters is 2. The third kappa shape index (κ3) is 8.15. The van der Waals surface area contributed by atoms with Gasteiger partial charge in [-0.05, 0) is 13.3 Å². The summed E-state index contributed by atoms with van der Waals surface area (Å²) in [7, 11) is 0. The summed E-state index contributed by atoms with van der Waals surface area (Å²) in [6.07, 6.45) is 3.24. The molecule has 1 atom stereocenters. The molecular weight excluding hydrogens is 246 g/mol. The van der Waals surface area contributed by atoms with Gasteiger partial charge in [-0.25, -0.2) is 9.59 Å². The largest absolute Gasteiger partial charge is 0.461 e. The molecule has 0 aromatic heterocycles. The molecule has 0 bridgehead atoms. The van der Waals surface area contributed by atoms with E-state index < -0.39 is 11.9 Å². The molecule has 0 spiro atoms. The molecule has 0 heterocycles. The average molecular weight is 269 g/mol. The summed E-state index contributed by atoms with van der Waals surface area (Å²) >= 11 is 0. The lowest BCUT2D eigenvalue weighted by Gasteiger charge is -2.27. The Hall–Kier alpha value is -1.62. The minimum atomic E-state index is -0.429. The van der Waals surface area contributed by atoms with E-state index in [1.165, 1.54) is 0 Å². The van der Waals surface area contributed by atoms with Crippen LogP contribution < -0.4 is 0 Å². The molecule has 19 heavy (non-hydrogen) atoms. The molecule has 0 amide bonds. The predicted octanol–water partition coefficient (Wildman–Crippen LogP) is 1.55. The standard InChI is InChI=1S/C14H23NO4/c1-5-12(4)15(8-10-18-13(16)6-2)9-11-19-14(17)7-3/h6-7,12H,2-3,5,8-11H2,1,4H3. The highest BCUT2D eigenvalue weighted by Crippen LogP contribution is 2.03. The number of carbonyl (C=O) groups excluding carboxylic acids is 2. The Balaban J connectivity index is 4.08. The van der Waals surface area contributed by atoms with Gasteiger partial charge < -0.3 is 9.47 Å². The molecular formula is C14H23NO4. The van der Waals surface area contributed by atoms with E-state index in [0.717, 1.165) is 18.6 Å².